The standard InChI is InChI=1S/C22H22F3N5O/c1-12-8-18(16-6-4-5-7-17(16)22(23,24)25)29-30-19(11-26-20(12)30)21(31)28-15-9-13(2)27-14(3)10-15/h4-11,18,20,26,29H,1-3H3,(H,27,28,31). The molecule has 4 rings (SSSR count). The van der Waals surface area contributed by atoms with E-state index in [0.717, 1.165) is 23.0 Å². The number of aromatic nitrogens is 1. The van der Waals surface area contributed by atoms with Gasteiger partial charge in [-0.2, -0.15) is 13.2 Å². The number of fused-ring (bicyclic) bond motifs is 1. The van der Waals surface area contributed by atoms with Crippen LogP contribution in [0.15, 0.2) is 59.9 Å². The molecule has 0 fully saturated rings. The smallest absolute Gasteiger partial charge is 0.365 e. The van der Waals surface area contributed by atoms with Gasteiger partial charge in [-0.1, -0.05) is 24.3 Å². The zero-order valence-electron chi connectivity index (χ0n) is 17.2. The highest BCUT2D eigenvalue weighted by Crippen LogP contribution is 2.37. The SMILES string of the molecule is CC1=CC(c2ccccc2C(F)(F)F)NN2C(C(=O)Nc3cc(C)nc(C)c3)=CNC12. The lowest BCUT2D eigenvalue weighted by atomic mass is 9.96. The topological polar surface area (TPSA) is 69.3 Å². The predicted octanol–water partition coefficient (Wildman–Crippen LogP) is 3.93. The highest BCUT2D eigenvalue weighted by atomic mass is 19.4. The summed E-state index contributed by atoms with van der Waals surface area (Å²) in [6, 6.07) is 8.21. The van der Waals surface area contributed by atoms with Crippen molar-refractivity contribution in [2.24, 2.45) is 0 Å². The summed E-state index contributed by atoms with van der Waals surface area (Å²) in [5.74, 6) is -0.384. The van der Waals surface area contributed by atoms with Crippen molar-refractivity contribution in [1.82, 2.24) is 20.7 Å². The van der Waals surface area contributed by atoms with E-state index in [-0.39, 0.29) is 23.3 Å². The van der Waals surface area contributed by atoms with Crippen LogP contribution in [0.3, 0.4) is 0 Å². The molecule has 0 spiro atoms. The number of hydrazine groups is 1. The van der Waals surface area contributed by atoms with Gasteiger partial charge in [0, 0.05) is 23.3 Å². The summed E-state index contributed by atoms with van der Waals surface area (Å²) in [6.07, 6.45) is -1.55. The average molecular weight is 429 g/mol. The molecule has 6 nitrogen and oxygen atoms in total. The van der Waals surface area contributed by atoms with Crippen LogP contribution in [0.5, 0.6) is 0 Å². The van der Waals surface area contributed by atoms with Crippen LogP contribution < -0.4 is 16.1 Å². The van der Waals surface area contributed by atoms with E-state index in [1.807, 2.05) is 20.8 Å². The molecule has 2 aromatic rings. The third kappa shape index (κ3) is 4.13. The molecule has 0 bridgehead atoms. The number of nitrogens with zero attached hydrogens (tertiary/aromatic N) is 2. The Morgan fingerprint density at radius 3 is 2.48 bits per heavy atom. The molecule has 0 saturated carbocycles. The normalized spacial score (nSPS) is 20.5. The minimum atomic E-state index is -4.48. The Balaban J connectivity index is 1.60. The molecule has 2 aliphatic rings. The second-order valence-corrected chi connectivity index (χ2v) is 7.66. The Morgan fingerprint density at radius 2 is 1.81 bits per heavy atom. The molecule has 2 unspecified atom stereocenters. The molecule has 1 aromatic heterocycles. The summed E-state index contributed by atoms with van der Waals surface area (Å²) in [7, 11) is 0. The number of halogens is 3. The fourth-order valence-corrected chi connectivity index (χ4v) is 3.92. The molecule has 2 aliphatic heterocycles. The van der Waals surface area contributed by atoms with Crippen molar-refractivity contribution in [2.45, 2.75) is 39.2 Å². The van der Waals surface area contributed by atoms with Crippen molar-refractivity contribution in [3.63, 3.8) is 0 Å². The largest absolute Gasteiger partial charge is 0.416 e. The molecule has 0 radical (unpaired) electrons. The average Bonchev–Trinajstić information content (AvgIpc) is 3.11. The fraction of sp³-hybridized carbons (Fsp3) is 0.273. The van der Waals surface area contributed by atoms with Gasteiger partial charge in [-0.25, -0.2) is 5.43 Å². The van der Waals surface area contributed by atoms with Crippen LogP contribution in [-0.4, -0.2) is 22.1 Å². The minimum Gasteiger partial charge on any atom is -0.365 e. The number of hydrogen-bond donors (Lipinski definition) is 3. The first-order valence-electron chi connectivity index (χ1n) is 9.76. The van der Waals surface area contributed by atoms with E-state index >= 15 is 0 Å². The number of carbonyl (C=O) groups excluding carboxylic acids is 1. The Labute approximate surface area is 177 Å². The number of pyridine rings is 1. The predicted molar refractivity (Wildman–Crippen MR) is 110 cm³/mol. The summed E-state index contributed by atoms with van der Waals surface area (Å²) < 4.78 is 40.6. The van der Waals surface area contributed by atoms with Gasteiger partial charge in [-0.15, -0.1) is 0 Å². The lowest BCUT2D eigenvalue weighted by Gasteiger charge is -2.38. The molecule has 162 valence electrons. The zero-order valence-corrected chi connectivity index (χ0v) is 17.2. The van der Waals surface area contributed by atoms with Gasteiger partial charge in [0.15, 0.2) is 0 Å². The van der Waals surface area contributed by atoms with E-state index in [9.17, 15) is 18.0 Å². The van der Waals surface area contributed by atoms with Crippen molar-refractivity contribution in [3.8, 4) is 0 Å². The Kier molecular flexibility index (Phi) is 5.22. The third-order valence-electron chi connectivity index (χ3n) is 5.21. The van der Waals surface area contributed by atoms with Gasteiger partial charge >= 0.3 is 6.18 Å². The summed E-state index contributed by atoms with van der Waals surface area (Å²) in [5.41, 5.74) is 5.67. The van der Waals surface area contributed by atoms with Crippen molar-refractivity contribution in [1.29, 1.82) is 0 Å². The number of hydrogen-bond acceptors (Lipinski definition) is 5. The maximum atomic E-state index is 13.5. The number of anilines is 1. The molecular formula is C22H22F3N5O. The lowest BCUT2D eigenvalue weighted by Crippen LogP contribution is -2.52. The summed E-state index contributed by atoms with van der Waals surface area (Å²) in [6.45, 7) is 5.48. The summed E-state index contributed by atoms with van der Waals surface area (Å²) in [4.78, 5) is 17.2. The number of nitrogens with one attached hydrogen (secondary N) is 3. The van der Waals surface area contributed by atoms with Gasteiger partial charge in [0.2, 0.25) is 0 Å². The zero-order chi connectivity index (χ0) is 22.3. The quantitative estimate of drug-likeness (QED) is 0.645. The van der Waals surface area contributed by atoms with Crippen LogP contribution in [0.1, 0.15) is 35.5 Å². The van der Waals surface area contributed by atoms with E-state index < -0.39 is 17.8 Å². The first kappa shape index (κ1) is 20.9. The van der Waals surface area contributed by atoms with Gasteiger partial charge in [0.05, 0.1) is 11.6 Å². The van der Waals surface area contributed by atoms with Gasteiger partial charge in [0.25, 0.3) is 5.91 Å². The molecule has 3 heterocycles. The third-order valence-corrected chi connectivity index (χ3v) is 5.21. The maximum absolute atomic E-state index is 13.5. The molecule has 31 heavy (non-hydrogen) atoms. The van der Waals surface area contributed by atoms with E-state index in [1.165, 1.54) is 12.1 Å². The van der Waals surface area contributed by atoms with E-state index in [2.05, 4.69) is 21.0 Å². The van der Waals surface area contributed by atoms with Crippen molar-refractivity contribution in [3.05, 3.63) is 82.5 Å². The van der Waals surface area contributed by atoms with Crippen LogP contribution in [0, 0.1) is 13.8 Å². The second-order valence-electron chi connectivity index (χ2n) is 7.66. The second kappa shape index (κ2) is 7.73. The van der Waals surface area contributed by atoms with Gasteiger partial charge in [-0.05, 0) is 50.1 Å². The van der Waals surface area contributed by atoms with E-state index in [4.69, 9.17) is 0 Å². The summed E-state index contributed by atoms with van der Waals surface area (Å²) in [5, 5.41) is 7.51. The van der Waals surface area contributed by atoms with Crippen LogP contribution in [0.4, 0.5) is 18.9 Å². The molecule has 1 aromatic carbocycles. The van der Waals surface area contributed by atoms with Crippen molar-refractivity contribution < 1.29 is 18.0 Å². The molecule has 9 heteroatoms. The number of aryl methyl sites for hydroxylation is 2. The lowest BCUT2D eigenvalue weighted by molar-refractivity contribution is -0.138. The van der Waals surface area contributed by atoms with Gasteiger partial charge in [-0.3, -0.25) is 14.8 Å². The molecule has 1 amide bonds. The molecular weight excluding hydrogens is 407 g/mol. The molecule has 3 N–H and O–H groups in total. The number of benzene rings is 1. The van der Waals surface area contributed by atoms with Gasteiger partial charge in [0.1, 0.15) is 11.9 Å². The van der Waals surface area contributed by atoms with E-state index in [0.29, 0.717) is 5.69 Å². The highest BCUT2D eigenvalue weighted by molar-refractivity contribution is 6.03. The van der Waals surface area contributed by atoms with Gasteiger partial charge < -0.3 is 10.6 Å². The number of rotatable bonds is 3. The molecule has 0 aliphatic carbocycles. The molecule has 0 saturated heterocycles. The Bertz CT molecular complexity index is 1070. The van der Waals surface area contributed by atoms with Crippen molar-refractivity contribution in [2.75, 3.05) is 5.32 Å². The number of carbonyl (C=O) groups is 1. The Hall–Kier alpha value is -3.33. The first-order valence-corrected chi connectivity index (χ1v) is 9.76. The highest BCUT2D eigenvalue weighted by Gasteiger charge is 2.39. The maximum Gasteiger partial charge on any atom is 0.416 e. The first-order chi connectivity index (χ1) is 14.6. The Morgan fingerprint density at radius 1 is 1.13 bits per heavy atom. The number of amides is 1. The molecule has 2 atom stereocenters. The van der Waals surface area contributed by atoms with Crippen LogP contribution in [0.25, 0.3) is 0 Å². The van der Waals surface area contributed by atoms with E-state index in [1.54, 1.807) is 35.5 Å². The van der Waals surface area contributed by atoms with Crippen LogP contribution >= 0.6 is 0 Å². The van der Waals surface area contributed by atoms with Crippen molar-refractivity contribution >= 4 is 11.6 Å². The van der Waals surface area contributed by atoms with Crippen LogP contribution in [0.2, 0.25) is 0 Å². The minimum absolute atomic E-state index is 0.0971. The summed E-state index contributed by atoms with van der Waals surface area (Å²) >= 11 is 0. The monoisotopic (exact) mass is 429 g/mol. The van der Waals surface area contributed by atoms with Crippen LogP contribution in [-0.2, 0) is 11.0 Å². The fourth-order valence-electron chi connectivity index (χ4n) is 3.92. The number of alkyl halides is 3.